The van der Waals surface area contributed by atoms with Crippen LogP contribution < -0.4 is 9.47 Å². The minimum Gasteiger partial charge on any atom is -0.494 e. The Labute approximate surface area is 639 Å². The van der Waals surface area contributed by atoms with Gasteiger partial charge in [0.2, 0.25) is 47.1 Å². The Morgan fingerprint density at radius 3 is 1.05 bits per heavy atom. The summed E-state index contributed by atoms with van der Waals surface area (Å²) < 4.78 is 103. The van der Waals surface area contributed by atoms with E-state index in [0.717, 1.165) is 68.8 Å². The lowest BCUT2D eigenvalue weighted by Crippen LogP contribution is -2.10. The Morgan fingerprint density at radius 2 is 0.670 bits per heavy atom. The molecule has 0 fully saturated rings. The minimum absolute atomic E-state index is 0.104. The van der Waals surface area contributed by atoms with Gasteiger partial charge in [-0.15, -0.1) is 40.8 Å². The predicted octanol–water partition coefficient (Wildman–Crippen LogP) is 26.5. The monoisotopic (exact) mass is 1650 g/mol. The zero-order valence-corrected chi connectivity index (χ0v) is 63.9. The zero-order chi connectivity index (χ0) is 73.7. The molecule has 0 aliphatic carbocycles. The predicted molar refractivity (Wildman–Crippen MR) is 402 cm³/mol. The summed E-state index contributed by atoms with van der Waals surface area (Å²) in [6.07, 6.45) is 15.1. The molecule has 12 aromatic rings. The van der Waals surface area contributed by atoms with Crippen LogP contribution in [0.4, 0.5) is 22.0 Å². The van der Waals surface area contributed by atoms with Gasteiger partial charge in [0, 0.05) is 40.7 Å². The van der Waals surface area contributed by atoms with Crippen molar-refractivity contribution in [2.75, 3.05) is 13.2 Å². The molecule has 0 spiro atoms. The maximum Gasteiger partial charge on any atom is 0.254 e. The average Bonchev–Trinajstić information content (AvgIpc) is 1.76. The fourth-order valence-electron chi connectivity index (χ4n) is 9.86. The van der Waals surface area contributed by atoms with Crippen LogP contribution in [-0.4, -0.2) is 54.0 Å². The summed E-state index contributed by atoms with van der Waals surface area (Å²) in [5, 5.41) is 34.1. The van der Waals surface area contributed by atoms with Crippen LogP contribution in [0, 0.1) is 29.1 Å². The summed E-state index contributed by atoms with van der Waals surface area (Å²) in [6, 6.07) is 43.9. The molecule has 0 amide bonds. The summed E-state index contributed by atoms with van der Waals surface area (Å²) in [5.74, 6) is -7.64. The van der Waals surface area contributed by atoms with Crippen LogP contribution in [0.2, 0.25) is 30.1 Å². The maximum absolute atomic E-state index is 13.7. The van der Waals surface area contributed by atoms with Crippen molar-refractivity contribution in [3.63, 3.8) is 0 Å². The lowest BCUT2D eigenvalue weighted by Gasteiger charge is -2.18. The van der Waals surface area contributed by atoms with Crippen molar-refractivity contribution in [1.82, 2.24) is 40.8 Å². The van der Waals surface area contributed by atoms with Crippen LogP contribution in [0.1, 0.15) is 117 Å². The Hall–Kier alpha value is -7.73. The van der Waals surface area contributed by atoms with Gasteiger partial charge >= 0.3 is 0 Å². The normalized spacial score (nSPS) is 11.2. The third-order valence-corrected chi connectivity index (χ3v) is 18.4. The van der Waals surface area contributed by atoms with E-state index in [2.05, 4.69) is 119 Å². The highest BCUT2D eigenvalue weighted by Crippen LogP contribution is 2.39. The number of ether oxygens (including phenoxy) is 2. The fraction of sp³-hybridized carbons (Fsp3) is 0.263. The molecule has 0 saturated heterocycles. The molecule has 103 heavy (non-hydrogen) atoms. The quantitative estimate of drug-likeness (QED) is 0.0242. The van der Waals surface area contributed by atoms with E-state index < -0.39 is 40.5 Å². The number of hydrogen-bond donors (Lipinski definition) is 0. The molecule has 4 aromatic heterocycles. The highest BCUT2D eigenvalue weighted by atomic mass is 79.9. The van der Waals surface area contributed by atoms with E-state index in [1.54, 1.807) is 36.4 Å². The summed E-state index contributed by atoms with van der Waals surface area (Å²) in [6.45, 7) is 12.5. The molecule has 0 saturated carbocycles. The van der Waals surface area contributed by atoms with Gasteiger partial charge in [-0.3, -0.25) is 0 Å². The van der Waals surface area contributed by atoms with E-state index in [0.29, 0.717) is 66.6 Å². The van der Waals surface area contributed by atoms with Crippen molar-refractivity contribution in [2.45, 2.75) is 117 Å². The molecule has 8 aromatic carbocycles. The standard InChI is InChI=1S/C22H24Br2N2O2.C22H24Cl2N2O2.C18H16Cl2N2O.C14H3Cl2F5N2O/c2*1-2-3-4-5-6-7-14-27-18-11-8-16(9-12-18)21-25-26-22(28-21)19-15-17(23)10-13-20(19)24;1-18(2,3)12-6-4-11(5-7-12)16-21-22-17(23-16)14-10-13(19)8-9-15(14)20;15-4-1-2-6(16)5(3-4)13-22-23-14(24-13)7-8(17)10(19)12(21)11(20)9(7)18/h2*8-13,15H,2-7,14H2,1H3;4-10H,1-3H3;1-3H. The molecule has 0 radical (unpaired) electrons. The summed E-state index contributed by atoms with van der Waals surface area (Å²) >= 11 is 43.1. The number of rotatable bonds is 24. The van der Waals surface area contributed by atoms with Gasteiger partial charge in [-0.1, -0.05) is 196 Å². The van der Waals surface area contributed by atoms with Crippen LogP contribution in [0.25, 0.3) is 91.6 Å². The number of unbranched alkanes of at least 4 members (excludes halogenated alkanes) is 10. The topological polar surface area (TPSA) is 174 Å². The van der Waals surface area contributed by atoms with Crippen LogP contribution >= 0.6 is 101 Å². The number of aromatic nitrogens is 8. The number of hydrogen-bond acceptors (Lipinski definition) is 14. The first-order valence-electron chi connectivity index (χ1n) is 32.7. The lowest BCUT2D eigenvalue weighted by molar-refractivity contribution is 0.304. The van der Waals surface area contributed by atoms with Gasteiger partial charge in [0.15, 0.2) is 23.3 Å². The fourth-order valence-corrected chi connectivity index (χ4v) is 11.8. The zero-order valence-electron chi connectivity index (χ0n) is 56.2. The first-order chi connectivity index (χ1) is 49.5. The van der Waals surface area contributed by atoms with Gasteiger partial charge in [0.1, 0.15) is 17.1 Å². The lowest BCUT2D eigenvalue weighted by atomic mass is 9.87. The first-order valence-corrected chi connectivity index (χ1v) is 36.6. The highest BCUT2D eigenvalue weighted by molar-refractivity contribution is 9.11. The largest absolute Gasteiger partial charge is 0.494 e. The third-order valence-electron chi connectivity index (χ3n) is 15.5. The second-order valence-electron chi connectivity index (χ2n) is 24.2. The maximum atomic E-state index is 13.7. The summed E-state index contributed by atoms with van der Waals surface area (Å²) in [4.78, 5) is 0. The smallest absolute Gasteiger partial charge is 0.254 e. The van der Waals surface area contributed by atoms with Crippen molar-refractivity contribution in [3.05, 3.63) is 219 Å². The van der Waals surface area contributed by atoms with Crippen molar-refractivity contribution >= 4 is 101 Å². The Balaban J connectivity index is 0.000000160. The molecule has 0 unspecified atom stereocenters. The van der Waals surface area contributed by atoms with Gasteiger partial charge in [0.25, 0.3) is 5.89 Å². The number of benzene rings is 8. The van der Waals surface area contributed by atoms with Crippen molar-refractivity contribution in [3.8, 4) is 103 Å². The van der Waals surface area contributed by atoms with Gasteiger partial charge in [-0.05, 0) is 173 Å². The number of halogens is 13. The minimum atomic E-state index is -2.29. The van der Waals surface area contributed by atoms with Gasteiger partial charge in [-0.2, -0.15) is 0 Å². The van der Waals surface area contributed by atoms with Crippen molar-refractivity contribution in [1.29, 1.82) is 0 Å². The molecule has 27 heteroatoms. The summed E-state index contributed by atoms with van der Waals surface area (Å²) in [5.41, 5.74) is 4.82. The van der Waals surface area contributed by atoms with E-state index in [-0.39, 0.29) is 26.9 Å². The number of nitrogens with zero attached hydrogens (tertiary/aromatic N) is 8. The molecule has 0 bridgehead atoms. The average molecular weight is 1660 g/mol. The molecular weight excluding hydrogens is 1590 g/mol. The molecule has 538 valence electrons. The molecule has 0 aliphatic rings. The molecular formula is C76H67Br2Cl6F5N8O6. The second kappa shape index (κ2) is 38.3. The van der Waals surface area contributed by atoms with Gasteiger partial charge < -0.3 is 27.1 Å². The van der Waals surface area contributed by atoms with E-state index in [1.807, 2.05) is 78.9 Å². The third kappa shape index (κ3) is 22.2. The van der Waals surface area contributed by atoms with E-state index in [4.69, 9.17) is 96.7 Å². The van der Waals surface area contributed by atoms with Gasteiger partial charge in [0.05, 0.1) is 50.5 Å². The highest BCUT2D eigenvalue weighted by Gasteiger charge is 2.30. The molecule has 0 atom stereocenters. The molecule has 12 rings (SSSR count). The van der Waals surface area contributed by atoms with Crippen LogP contribution in [-0.2, 0) is 5.41 Å². The summed E-state index contributed by atoms with van der Waals surface area (Å²) in [7, 11) is 0. The Morgan fingerprint density at radius 1 is 0.350 bits per heavy atom. The molecule has 0 aliphatic heterocycles. The Kier molecular flexibility index (Phi) is 29.5. The molecule has 4 heterocycles. The van der Waals surface area contributed by atoms with E-state index >= 15 is 0 Å². The van der Waals surface area contributed by atoms with Crippen molar-refractivity contribution in [2.24, 2.45) is 0 Å². The van der Waals surface area contributed by atoms with Crippen LogP contribution in [0.5, 0.6) is 11.5 Å². The second-order valence-corrected chi connectivity index (χ2v) is 28.5. The Bertz CT molecular complexity index is 4580. The SMILES string of the molecule is CC(C)(C)c1ccc(-c2nnc(-c3cc(Cl)ccc3Cl)o2)cc1.CCCCCCCCOc1ccc(-c2nnc(-c3cc(Br)ccc3Br)o2)cc1.CCCCCCCCOc1ccc(-c2nnc(-c3cc(Cl)ccc3Cl)o2)cc1.Fc1c(F)c(F)c(-c2nnc(-c3cc(Cl)ccc3Cl)o2)c(F)c1F. The molecule has 14 nitrogen and oxygen atoms in total. The van der Waals surface area contributed by atoms with Crippen molar-refractivity contribution < 1.29 is 49.1 Å². The van der Waals surface area contributed by atoms with E-state index in [1.165, 1.54) is 88.0 Å². The first kappa shape index (κ1) is 79.4. The van der Waals surface area contributed by atoms with Crippen LogP contribution in [0.3, 0.4) is 0 Å². The molecule has 0 N–H and O–H groups in total. The van der Waals surface area contributed by atoms with E-state index in [9.17, 15) is 22.0 Å². The van der Waals surface area contributed by atoms with Gasteiger partial charge in [-0.25, -0.2) is 22.0 Å². The van der Waals surface area contributed by atoms with Crippen LogP contribution in [0.15, 0.2) is 172 Å².